The summed E-state index contributed by atoms with van der Waals surface area (Å²) in [4.78, 5) is 2.41. The van der Waals surface area contributed by atoms with Gasteiger partial charge < -0.3 is 4.90 Å². The average molecular weight is 201 g/mol. The molecule has 0 aliphatic carbocycles. The number of likely N-dealkylation sites (tertiary alicyclic amines) is 1. The number of hydrogen-bond donors (Lipinski definition) is 0. The fourth-order valence-electron chi connectivity index (χ4n) is 2.03. The Balaban J connectivity index is 1.89. The second-order valence-corrected chi connectivity index (χ2v) is 4.41. The molecule has 0 saturated carbocycles. The monoisotopic (exact) mass is 201 g/mol. The van der Waals surface area contributed by atoms with Gasteiger partial charge in [0, 0.05) is 0 Å². The second-order valence-electron chi connectivity index (χ2n) is 4.41. The van der Waals surface area contributed by atoms with Gasteiger partial charge >= 0.3 is 0 Å². The minimum absolute atomic E-state index is 0.779. The topological polar surface area (TPSA) is 3.24 Å². The van der Waals surface area contributed by atoms with Crippen molar-refractivity contribution in [2.24, 2.45) is 5.92 Å². The molecule has 15 heavy (non-hydrogen) atoms. The van der Waals surface area contributed by atoms with Crippen molar-refractivity contribution < 1.29 is 0 Å². The van der Waals surface area contributed by atoms with E-state index in [4.69, 9.17) is 0 Å². The number of allylic oxidation sites excluding steroid dienone is 1. The van der Waals surface area contributed by atoms with Gasteiger partial charge in [-0.3, -0.25) is 0 Å². The fourth-order valence-corrected chi connectivity index (χ4v) is 2.03. The predicted molar refractivity (Wildman–Crippen MR) is 65.7 cm³/mol. The molecule has 0 unspecified atom stereocenters. The van der Waals surface area contributed by atoms with E-state index in [1.54, 1.807) is 0 Å². The highest BCUT2D eigenvalue weighted by Gasteiger charge is 2.13. The molecule has 1 heteroatoms. The summed E-state index contributed by atoms with van der Waals surface area (Å²) in [6.45, 7) is 2.48. The van der Waals surface area contributed by atoms with Crippen LogP contribution in [0.3, 0.4) is 0 Å². The third-order valence-electron chi connectivity index (χ3n) is 3.12. The van der Waals surface area contributed by atoms with Crippen LogP contribution in [0.4, 0.5) is 0 Å². The number of rotatable bonds is 2. The molecule has 1 heterocycles. The van der Waals surface area contributed by atoms with Crippen LogP contribution in [0, 0.1) is 5.92 Å². The van der Waals surface area contributed by atoms with E-state index in [2.05, 4.69) is 54.4 Å². The normalized spacial score (nSPS) is 19.8. The van der Waals surface area contributed by atoms with Crippen molar-refractivity contribution in [3.8, 4) is 0 Å². The Kier molecular flexibility index (Phi) is 3.57. The van der Waals surface area contributed by atoms with Crippen LogP contribution in [-0.2, 0) is 0 Å². The Hall–Kier alpha value is -1.08. The molecule has 0 amide bonds. The smallest absolute Gasteiger partial charge is 0.00162 e. The van der Waals surface area contributed by atoms with Gasteiger partial charge in [-0.2, -0.15) is 0 Å². The molecule has 1 saturated heterocycles. The van der Waals surface area contributed by atoms with Gasteiger partial charge in [-0.25, -0.2) is 0 Å². The molecule has 1 fully saturated rings. The number of benzene rings is 1. The highest BCUT2D eigenvalue weighted by molar-refractivity contribution is 5.48. The third-order valence-corrected chi connectivity index (χ3v) is 3.12. The predicted octanol–water partition coefficient (Wildman–Crippen LogP) is 3.04. The maximum absolute atomic E-state index is 2.41. The van der Waals surface area contributed by atoms with Crippen LogP contribution >= 0.6 is 0 Å². The zero-order valence-corrected chi connectivity index (χ0v) is 9.39. The van der Waals surface area contributed by atoms with Gasteiger partial charge in [0.1, 0.15) is 0 Å². The van der Waals surface area contributed by atoms with Gasteiger partial charge in [-0.1, -0.05) is 42.5 Å². The van der Waals surface area contributed by atoms with Crippen LogP contribution in [0.25, 0.3) is 6.08 Å². The molecule has 1 aliphatic heterocycles. The highest BCUT2D eigenvalue weighted by atomic mass is 15.1. The van der Waals surface area contributed by atoms with Crippen molar-refractivity contribution in [2.45, 2.75) is 12.8 Å². The van der Waals surface area contributed by atoms with Gasteiger partial charge in [-0.05, 0) is 44.5 Å². The first-order valence-electron chi connectivity index (χ1n) is 5.76. The zero-order valence-electron chi connectivity index (χ0n) is 9.39. The maximum atomic E-state index is 2.41. The lowest BCUT2D eigenvalue weighted by Gasteiger charge is -2.26. The third kappa shape index (κ3) is 3.21. The SMILES string of the molecule is CN1CCC(/C=C/c2ccccc2)CC1. The van der Waals surface area contributed by atoms with E-state index in [1.165, 1.54) is 31.5 Å². The molecule has 0 atom stereocenters. The molecule has 1 aliphatic rings. The lowest BCUT2D eigenvalue weighted by Crippen LogP contribution is -2.29. The van der Waals surface area contributed by atoms with Gasteiger partial charge in [0.05, 0.1) is 0 Å². The highest BCUT2D eigenvalue weighted by Crippen LogP contribution is 2.18. The van der Waals surface area contributed by atoms with E-state index in [9.17, 15) is 0 Å². The molecule has 1 aromatic rings. The molecule has 1 aromatic carbocycles. The quantitative estimate of drug-likeness (QED) is 0.711. The van der Waals surface area contributed by atoms with Crippen molar-refractivity contribution >= 4 is 6.08 Å². The Morgan fingerprint density at radius 2 is 1.80 bits per heavy atom. The van der Waals surface area contributed by atoms with Gasteiger partial charge in [0.15, 0.2) is 0 Å². The fraction of sp³-hybridized carbons (Fsp3) is 0.429. The van der Waals surface area contributed by atoms with Crippen molar-refractivity contribution in [2.75, 3.05) is 20.1 Å². The molecule has 0 aromatic heterocycles. The molecule has 0 spiro atoms. The molecule has 0 radical (unpaired) electrons. The van der Waals surface area contributed by atoms with E-state index >= 15 is 0 Å². The largest absolute Gasteiger partial charge is 0.306 e. The lowest BCUT2D eigenvalue weighted by molar-refractivity contribution is 0.244. The van der Waals surface area contributed by atoms with Crippen molar-refractivity contribution in [3.63, 3.8) is 0 Å². The van der Waals surface area contributed by atoms with Crippen LogP contribution in [0.1, 0.15) is 18.4 Å². The van der Waals surface area contributed by atoms with Crippen LogP contribution in [-0.4, -0.2) is 25.0 Å². The maximum Gasteiger partial charge on any atom is -0.00162 e. The molecular weight excluding hydrogens is 182 g/mol. The molecule has 0 N–H and O–H groups in total. The zero-order chi connectivity index (χ0) is 10.5. The summed E-state index contributed by atoms with van der Waals surface area (Å²) < 4.78 is 0. The summed E-state index contributed by atoms with van der Waals surface area (Å²) in [5, 5.41) is 0. The first-order chi connectivity index (χ1) is 7.34. The minimum Gasteiger partial charge on any atom is -0.306 e. The molecule has 1 nitrogen and oxygen atoms in total. The van der Waals surface area contributed by atoms with E-state index in [0.29, 0.717) is 0 Å². The van der Waals surface area contributed by atoms with Gasteiger partial charge in [0.25, 0.3) is 0 Å². The van der Waals surface area contributed by atoms with Crippen molar-refractivity contribution in [3.05, 3.63) is 42.0 Å². The molecule has 0 bridgehead atoms. The summed E-state index contributed by atoms with van der Waals surface area (Å²) in [6, 6.07) is 10.6. The van der Waals surface area contributed by atoms with Crippen molar-refractivity contribution in [1.29, 1.82) is 0 Å². The Morgan fingerprint density at radius 3 is 2.47 bits per heavy atom. The molecule has 80 valence electrons. The minimum atomic E-state index is 0.779. The Labute approximate surface area is 92.4 Å². The summed E-state index contributed by atoms with van der Waals surface area (Å²) >= 11 is 0. The van der Waals surface area contributed by atoms with E-state index in [1.807, 2.05) is 0 Å². The van der Waals surface area contributed by atoms with Crippen LogP contribution in [0.2, 0.25) is 0 Å². The van der Waals surface area contributed by atoms with Gasteiger partial charge in [0.2, 0.25) is 0 Å². The van der Waals surface area contributed by atoms with Crippen LogP contribution < -0.4 is 0 Å². The number of piperidine rings is 1. The number of hydrogen-bond acceptors (Lipinski definition) is 1. The average Bonchev–Trinajstić information content (AvgIpc) is 2.30. The Bertz CT molecular complexity index is 307. The summed E-state index contributed by atoms with van der Waals surface area (Å²) in [7, 11) is 2.21. The van der Waals surface area contributed by atoms with Gasteiger partial charge in [-0.15, -0.1) is 0 Å². The lowest BCUT2D eigenvalue weighted by atomic mass is 9.96. The summed E-state index contributed by atoms with van der Waals surface area (Å²) in [5.41, 5.74) is 1.32. The van der Waals surface area contributed by atoms with E-state index < -0.39 is 0 Å². The van der Waals surface area contributed by atoms with Crippen LogP contribution in [0.15, 0.2) is 36.4 Å². The first kappa shape index (κ1) is 10.4. The second kappa shape index (κ2) is 5.13. The Morgan fingerprint density at radius 1 is 1.13 bits per heavy atom. The van der Waals surface area contributed by atoms with Crippen molar-refractivity contribution in [1.82, 2.24) is 4.90 Å². The van der Waals surface area contributed by atoms with E-state index in [-0.39, 0.29) is 0 Å². The summed E-state index contributed by atoms with van der Waals surface area (Å²) in [6.07, 6.45) is 7.25. The molecule has 2 rings (SSSR count). The standard InChI is InChI=1S/C14H19N/c1-15-11-9-14(10-12-15)8-7-13-5-3-2-4-6-13/h2-8,14H,9-12H2,1H3/b8-7+. The van der Waals surface area contributed by atoms with Crippen LogP contribution in [0.5, 0.6) is 0 Å². The number of nitrogens with zero attached hydrogens (tertiary/aromatic N) is 1. The van der Waals surface area contributed by atoms with E-state index in [0.717, 1.165) is 5.92 Å². The summed E-state index contributed by atoms with van der Waals surface area (Å²) in [5.74, 6) is 0.779. The molecular formula is C14H19N. The first-order valence-corrected chi connectivity index (χ1v) is 5.76.